The van der Waals surface area contributed by atoms with Crippen LogP contribution in [0.15, 0.2) is 0 Å². The van der Waals surface area contributed by atoms with Crippen molar-refractivity contribution in [2.75, 3.05) is 26.2 Å². The van der Waals surface area contributed by atoms with Crippen LogP contribution in [-0.2, 0) is 9.59 Å². The van der Waals surface area contributed by atoms with Crippen molar-refractivity contribution >= 4 is 30.3 Å². The van der Waals surface area contributed by atoms with Crippen molar-refractivity contribution in [1.82, 2.24) is 15.1 Å². The molecule has 2 N–H and O–H groups in total. The molecule has 0 spiro atoms. The predicted octanol–water partition coefficient (Wildman–Crippen LogP) is 0.535. The number of amides is 3. The van der Waals surface area contributed by atoms with Crippen molar-refractivity contribution in [3.63, 3.8) is 0 Å². The molecule has 20 heavy (non-hydrogen) atoms. The van der Waals surface area contributed by atoms with Gasteiger partial charge in [0.25, 0.3) is 5.91 Å². The quantitative estimate of drug-likeness (QED) is 0.670. The molecule has 0 radical (unpaired) electrons. The summed E-state index contributed by atoms with van der Waals surface area (Å²) in [6, 6.07) is -0.415. The van der Waals surface area contributed by atoms with Gasteiger partial charge in [0.05, 0.1) is 6.54 Å². The topological polar surface area (TPSA) is 90.0 Å². The molecule has 0 aromatic heterocycles. The molecule has 0 atom stereocenters. The van der Waals surface area contributed by atoms with Gasteiger partial charge in [-0.15, -0.1) is 12.4 Å². The van der Waals surface area contributed by atoms with Gasteiger partial charge in [-0.2, -0.15) is 0 Å². The highest BCUT2D eigenvalue weighted by molar-refractivity contribution is 6.06. The summed E-state index contributed by atoms with van der Waals surface area (Å²) in [5, 5.41) is 11.4. The van der Waals surface area contributed by atoms with Crippen molar-refractivity contribution in [2.45, 2.75) is 32.7 Å². The number of nitrogens with zero attached hydrogens (tertiary/aromatic N) is 2. The molecule has 0 aliphatic carbocycles. The van der Waals surface area contributed by atoms with E-state index in [1.165, 1.54) is 0 Å². The second-order valence-electron chi connectivity index (χ2n) is 5.18. The number of nitrogens with one attached hydrogen (secondary N) is 1. The molecule has 0 bridgehead atoms. The zero-order chi connectivity index (χ0) is 14.6. The van der Waals surface area contributed by atoms with Gasteiger partial charge in [-0.1, -0.05) is 6.92 Å². The molecule has 0 aromatic rings. The Kier molecular flexibility index (Phi) is 6.95. The Morgan fingerprint density at radius 1 is 1.35 bits per heavy atom. The highest BCUT2D eigenvalue weighted by atomic mass is 35.5. The van der Waals surface area contributed by atoms with Crippen LogP contribution in [0.2, 0.25) is 0 Å². The fourth-order valence-corrected chi connectivity index (χ4v) is 2.04. The SMILES string of the molecule is CCCN(CCN1C(=O)NC(C)(C)C1=O)CC(=O)O.Cl. The lowest BCUT2D eigenvalue weighted by atomic mass is 10.1. The summed E-state index contributed by atoms with van der Waals surface area (Å²) >= 11 is 0. The van der Waals surface area contributed by atoms with Crippen LogP contribution in [0, 0.1) is 0 Å². The van der Waals surface area contributed by atoms with E-state index in [4.69, 9.17) is 5.11 Å². The second kappa shape index (κ2) is 7.44. The van der Waals surface area contributed by atoms with Crippen LogP contribution in [0.5, 0.6) is 0 Å². The Bertz CT molecular complexity index is 387. The number of carbonyl (C=O) groups excluding carboxylic acids is 2. The van der Waals surface area contributed by atoms with E-state index in [-0.39, 0.29) is 31.4 Å². The van der Waals surface area contributed by atoms with E-state index in [0.717, 1.165) is 11.3 Å². The van der Waals surface area contributed by atoms with Crippen LogP contribution in [0.25, 0.3) is 0 Å². The normalized spacial score (nSPS) is 17.1. The third-order valence-electron chi connectivity index (χ3n) is 2.98. The molecule has 8 heteroatoms. The van der Waals surface area contributed by atoms with Gasteiger partial charge in [-0.3, -0.25) is 19.4 Å². The van der Waals surface area contributed by atoms with E-state index < -0.39 is 17.5 Å². The molecule has 3 amide bonds. The number of aliphatic carboxylic acids is 1. The first-order valence-corrected chi connectivity index (χ1v) is 6.36. The van der Waals surface area contributed by atoms with E-state index in [1.54, 1.807) is 18.7 Å². The number of hydrogen-bond donors (Lipinski definition) is 2. The fraction of sp³-hybridized carbons (Fsp3) is 0.750. The van der Waals surface area contributed by atoms with Crippen LogP contribution in [0.3, 0.4) is 0 Å². The average Bonchev–Trinajstić information content (AvgIpc) is 2.45. The first kappa shape index (κ1) is 18.7. The Morgan fingerprint density at radius 2 is 1.95 bits per heavy atom. The number of hydrogen-bond acceptors (Lipinski definition) is 4. The van der Waals surface area contributed by atoms with Crippen LogP contribution in [-0.4, -0.2) is 64.5 Å². The highest BCUT2D eigenvalue weighted by Gasteiger charge is 2.43. The maximum absolute atomic E-state index is 11.9. The van der Waals surface area contributed by atoms with Gasteiger partial charge in [0, 0.05) is 13.1 Å². The molecule has 1 aliphatic heterocycles. The molecule has 1 saturated heterocycles. The van der Waals surface area contributed by atoms with Gasteiger partial charge in [0.2, 0.25) is 0 Å². The molecule has 1 aliphatic rings. The molecule has 0 saturated carbocycles. The van der Waals surface area contributed by atoms with Gasteiger partial charge in [0.1, 0.15) is 5.54 Å². The van der Waals surface area contributed by atoms with Crippen LogP contribution in [0.1, 0.15) is 27.2 Å². The molecule has 1 heterocycles. The molecule has 116 valence electrons. The van der Waals surface area contributed by atoms with Gasteiger partial charge >= 0.3 is 12.0 Å². The maximum Gasteiger partial charge on any atom is 0.325 e. The minimum Gasteiger partial charge on any atom is -0.480 e. The molecule has 0 unspecified atom stereocenters. The Morgan fingerprint density at radius 3 is 2.35 bits per heavy atom. The Hall–Kier alpha value is -1.34. The average molecular weight is 308 g/mol. The first-order valence-electron chi connectivity index (χ1n) is 6.36. The van der Waals surface area contributed by atoms with E-state index in [0.29, 0.717) is 13.1 Å². The predicted molar refractivity (Wildman–Crippen MR) is 75.9 cm³/mol. The number of carbonyl (C=O) groups is 3. The lowest BCUT2D eigenvalue weighted by molar-refractivity contribution is -0.138. The van der Waals surface area contributed by atoms with Crippen LogP contribution >= 0.6 is 12.4 Å². The first-order chi connectivity index (χ1) is 8.77. The summed E-state index contributed by atoms with van der Waals surface area (Å²) in [6.45, 7) is 6.37. The maximum atomic E-state index is 11.9. The number of carboxylic acids is 1. The zero-order valence-electron chi connectivity index (χ0n) is 12.0. The third-order valence-corrected chi connectivity index (χ3v) is 2.98. The van der Waals surface area contributed by atoms with E-state index in [1.807, 2.05) is 6.92 Å². The molecule has 1 rings (SSSR count). The van der Waals surface area contributed by atoms with Gasteiger partial charge < -0.3 is 10.4 Å². The number of imide groups is 1. The lowest BCUT2D eigenvalue weighted by Crippen LogP contribution is -2.42. The molecular weight excluding hydrogens is 286 g/mol. The number of carboxylic acid groups (broad SMARTS) is 1. The minimum absolute atomic E-state index is 0. The van der Waals surface area contributed by atoms with Crippen molar-refractivity contribution in [3.05, 3.63) is 0 Å². The third kappa shape index (κ3) is 4.64. The molecule has 0 aromatic carbocycles. The fourth-order valence-electron chi connectivity index (χ4n) is 2.04. The lowest BCUT2D eigenvalue weighted by Gasteiger charge is -2.22. The minimum atomic E-state index is -0.911. The summed E-state index contributed by atoms with van der Waals surface area (Å²) in [7, 11) is 0. The van der Waals surface area contributed by atoms with E-state index in [9.17, 15) is 14.4 Å². The van der Waals surface area contributed by atoms with Crippen molar-refractivity contribution < 1.29 is 19.5 Å². The summed E-state index contributed by atoms with van der Waals surface area (Å²) in [5.41, 5.74) is -0.876. The van der Waals surface area contributed by atoms with Crippen molar-refractivity contribution in [1.29, 1.82) is 0 Å². The summed E-state index contributed by atoms with van der Waals surface area (Å²) in [6.07, 6.45) is 0.818. The smallest absolute Gasteiger partial charge is 0.325 e. The second-order valence-corrected chi connectivity index (χ2v) is 5.18. The van der Waals surface area contributed by atoms with Crippen molar-refractivity contribution in [3.8, 4) is 0 Å². The number of halogens is 1. The van der Waals surface area contributed by atoms with Crippen LogP contribution < -0.4 is 5.32 Å². The molecule has 1 fully saturated rings. The summed E-state index contributed by atoms with van der Waals surface area (Å²) in [5.74, 6) is -1.18. The molecule has 7 nitrogen and oxygen atoms in total. The summed E-state index contributed by atoms with van der Waals surface area (Å²) in [4.78, 5) is 37.2. The van der Waals surface area contributed by atoms with E-state index >= 15 is 0 Å². The highest BCUT2D eigenvalue weighted by Crippen LogP contribution is 2.16. The largest absolute Gasteiger partial charge is 0.480 e. The molecular formula is C12H22ClN3O4. The van der Waals surface area contributed by atoms with Crippen LogP contribution in [0.4, 0.5) is 4.79 Å². The monoisotopic (exact) mass is 307 g/mol. The van der Waals surface area contributed by atoms with E-state index in [2.05, 4.69) is 5.32 Å². The number of rotatable bonds is 7. The van der Waals surface area contributed by atoms with Crippen molar-refractivity contribution in [2.24, 2.45) is 0 Å². The summed E-state index contributed by atoms with van der Waals surface area (Å²) < 4.78 is 0. The van der Waals surface area contributed by atoms with Gasteiger partial charge in [-0.25, -0.2) is 4.79 Å². The zero-order valence-corrected chi connectivity index (χ0v) is 12.8. The standard InChI is InChI=1S/C12H21N3O4.ClH/c1-4-5-14(8-9(16)17)6-7-15-10(18)12(2,3)13-11(15)19;/h4-8H2,1-3H3,(H,13,19)(H,16,17);1H. The Balaban J connectivity index is 0.00000361. The van der Waals surface area contributed by atoms with Gasteiger partial charge in [-0.05, 0) is 26.8 Å². The van der Waals surface area contributed by atoms with Gasteiger partial charge in [0.15, 0.2) is 0 Å². The number of urea groups is 1. The Labute approximate surface area is 124 Å².